The summed E-state index contributed by atoms with van der Waals surface area (Å²) in [5.74, 6) is -0.482. The third kappa shape index (κ3) is 4.89. The molecule has 116 valence electrons. The van der Waals surface area contributed by atoms with Crippen LogP contribution in [-0.4, -0.2) is 32.1 Å². The van der Waals surface area contributed by atoms with E-state index in [0.29, 0.717) is 17.8 Å². The Hall–Kier alpha value is -2.34. The lowest BCUT2D eigenvalue weighted by atomic mass is 10.2. The van der Waals surface area contributed by atoms with Crippen molar-refractivity contribution in [3.63, 3.8) is 0 Å². The number of ether oxygens (including phenoxy) is 1. The monoisotopic (exact) mass is 318 g/mol. The van der Waals surface area contributed by atoms with Gasteiger partial charge in [-0.15, -0.1) is 11.3 Å². The lowest BCUT2D eigenvalue weighted by Crippen LogP contribution is -2.31. The van der Waals surface area contributed by atoms with Crippen LogP contribution in [0.3, 0.4) is 0 Å². The zero-order chi connectivity index (χ0) is 15.8. The van der Waals surface area contributed by atoms with Crippen LogP contribution in [0, 0.1) is 0 Å². The highest BCUT2D eigenvalue weighted by Gasteiger charge is 2.06. The van der Waals surface area contributed by atoms with E-state index < -0.39 is 5.97 Å². The minimum atomic E-state index is -0.399. The van der Waals surface area contributed by atoms with E-state index in [1.54, 1.807) is 35.6 Å². The first-order valence-electron chi connectivity index (χ1n) is 6.90. The molecule has 1 aromatic heterocycles. The van der Waals surface area contributed by atoms with E-state index in [0.717, 1.165) is 6.42 Å². The van der Waals surface area contributed by atoms with Crippen LogP contribution in [0.1, 0.15) is 15.2 Å². The number of anilines is 1. The van der Waals surface area contributed by atoms with Crippen LogP contribution in [0.25, 0.3) is 0 Å². The average Bonchev–Trinajstić information content (AvgIpc) is 3.06. The molecule has 0 fully saturated rings. The lowest BCUT2D eigenvalue weighted by Gasteiger charge is -2.08. The molecule has 5 nitrogen and oxygen atoms in total. The summed E-state index contributed by atoms with van der Waals surface area (Å²) in [6.45, 7) is 0.776. The molecule has 0 radical (unpaired) electrons. The Balaban J connectivity index is 1.75. The maximum Gasteiger partial charge on any atom is 0.337 e. The van der Waals surface area contributed by atoms with Gasteiger partial charge in [0.15, 0.2) is 0 Å². The van der Waals surface area contributed by atoms with Crippen molar-refractivity contribution in [2.45, 2.75) is 6.42 Å². The summed E-state index contributed by atoms with van der Waals surface area (Å²) >= 11 is 1.68. The van der Waals surface area contributed by atoms with Gasteiger partial charge in [0.05, 0.1) is 19.2 Å². The summed E-state index contributed by atoms with van der Waals surface area (Å²) in [5, 5.41) is 7.86. The normalized spacial score (nSPS) is 10.0. The highest BCUT2D eigenvalue weighted by atomic mass is 32.1. The Morgan fingerprint density at radius 1 is 1.23 bits per heavy atom. The standard InChI is InChI=1S/C16H18N2O3S/c1-21-16(20)12-4-2-5-13(10-12)18-11-15(19)17-8-7-14-6-3-9-22-14/h2-6,9-10,18H,7-8,11H2,1H3,(H,17,19). The first-order chi connectivity index (χ1) is 10.7. The van der Waals surface area contributed by atoms with Gasteiger partial charge in [-0.3, -0.25) is 4.79 Å². The van der Waals surface area contributed by atoms with Gasteiger partial charge in [-0.05, 0) is 36.1 Å². The van der Waals surface area contributed by atoms with Crippen LogP contribution >= 0.6 is 11.3 Å². The van der Waals surface area contributed by atoms with Crippen LogP contribution in [0.2, 0.25) is 0 Å². The van der Waals surface area contributed by atoms with Crippen molar-refractivity contribution in [2.24, 2.45) is 0 Å². The molecule has 0 unspecified atom stereocenters. The number of benzene rings is 1. The largest absolute Gasteiger partial charge is 0.465 e. The molecular formula is C16H18N2O3S. The predicted octanol–water partition coefficient (Wildman–Crippen LogP) is 2.31. The van der Waals surface area contributed by atoms with Crippen LogP contribution in [-0.2, 0) is 16.0 Å². The fourth-order valence-corrected chi connectivity index (χ4v) is 2.61. The van der Waals surface area contributed by atoms with Crippen LogP contribution in [0.4, 0.5) is 5.69 Å². The summed E-state index contributed by atoms with van der Waals surface area (Å²) in [6.07, 6.45) is 0.835. The summed E-state index contributed by atoms with van der Waals surface area (Å²) < 4.78 is 4.66. The van der Waals surface area contributed by atoms with Crippen molar-refractivity contribution >= 4 is 28.9 Å². The molecule has 0 saturated heterocycles. The van der Waals surface area contributed by atoms with Gasteiger partial charge in [-0.1, -0.05) is 12.1 Å². The summed E-state index contributed by atoms with van der Waals surface area (Å²) in [4.78, 5) is 24.4. The molecule has 6 heteroatoms. The maximum atomic E-state index is 11.8. The van der Waals surface area contributed by atoms with Crippen molar-refractivity contribution in [3.05, 3.63) is 52.2 Å². The van der Waals surface area contributed by atoms with E-state index in [9.17, 15) is 9.59 Å². The number of esters is 1. The van der Waals surface area contributed by atoms with Crippen LogP contribution in [0.5, 0.6) is 0 Å². The van der Waals surface area contributed by atoms with E-state index in [1.165, 1.54) is 12.0 Å². The van der Waals surface area contributed by atoms with Gasteiger partial charge in [-0.25, -0.2) is 4.79 Å². The number of carbonyl (C=O) groups excluding carboxylic acids is 2. The molecule has 22 heavy (non-hydrogen) atoms. The fraction of sp³-hybridized carbons (Fsp3) is 0.250. The molecule has 0 saturated carbocycles. The van der Waals surface area contributed by atoms with Gasteiger partial charge >= 0.3 is 5.97 Å². The molecule has 0 aliphatic carbocycles. The average molecular weight is 318 g/mol. The van der Waals surface area contributed by atoms with E-state index in [2.05, 4.69) is 15.4 Å². The minimum absolute atomic E-state index is 0.0833. The number of amides is 1. The van der Waals surface area contributed by atoms with Crippen molar-refractivity contribution in [1.29, 1.82) is 0 Å². The second-order valence-corrected chi connectivity index (χ2v) is 5.64. The highest BCUT2D eigenvalue weighted by molar-refractivity contribution is 7.09. The predicted molar refractivity (Wildman–Crippen MR) is 87.3 cm³/mol. The Morgan fingerprint density at radius 2 is 2.09 bits per heavy atom. The summed E-state index contributed by atoms with van der Waals surface area (Å²) in [7, 11) is 1.34. The Labute approximate surface area is 133 Å². The van der Waals surface area contributed by atoms with Gasteiger partial charge in [0.1, 0.15) is 0 Å². The Kier molecular flexibility index (Phi) is 5.97. The highest BCUT2D eigenvalue weighted by Crippen LogP contribution is 2.11. The molecule has 0 bridgehead atoms. The number of nitrogens with one attached hydrogen (secondary N) is 2. The Morgan fingerprint density at radius 3 is 2.82 bits per heavy atom. The molecule has 0 atom stereocenters. The fourth-order valence-electron chi connectivity index (χ4n) is 1.90. The molecule has 0 aliphatic heterocycles. The molecule has 2 rings (SSSR count). The van der Waals surface area contributed by atoms with Gasteiger partial charge in [0.2, 0.25) is 5.91 Å². The van der Waals surface area contributed by atoms with Gasteiger partial charge < -0.3 is 15.4 Å². The first-order valence-corrected chi connectivity index (χ1v) is 7.78. The SMILES string of the molecule is COC(=O)c1cccc(NCC(=O)NCCc2cccs2)c1. The van der Waals surface area contributed by atoms with Crippen molar-refractivity contribution in [1.82, 2.24) is 5.32 Å². The summed E-state index contributed by atoms with van der Waals surface area (Å²) in [5.41, 5.74) is 1.15. The Bertz CT molecular complexity index is 626. The summed E-state index contributed by atoms with van der Waals surface area (Å²) in [6, 6.07) is 10.9. The van der Waals surface area contributed by atoms with E-state index >= 15 is 0 Å². The molecule has 2 N–H and O–H groups in total. The zero-order valence-electron chi connectivity index (χ0n) is 12.3. The molecule has 1 aromatic carbocycles. The molecule has 1 amide bonds. The van der Waals surface area contributed by atoms with E-state index in [-0.39, 0.29) is 12.5 Å². The smallest absolute Gasteiger partial charge is 0.337 e. The van der Waals surface area contributed by atoms with Gasteiger partial charge in [0, 0.05) is 17.1 Å². The number of hydrogen-bond donors (Lipinski definition) is 2. The quantitative estimate of drug-likeness (QED) is 0.769. The van der Waals surface area contributed by atoms with Crippen molar-refractivity contribution < 1.29 is 14.3 Å². The molecule has 2 aromatic rings. The van der Waals surface area contributed by atoms with E-state index in [1.807, 2.05) is 17.5 Å². The van der Waals surface area contributed by atoms with Gasteiger partial charge in [0.25, 0.3) is 0 Å². The number of methoxy groups -OCH3 is 1. The van der Waals surface area contributed by atoms with E-state index in [4.69, 9.17) is 0 Å². The number of hydrogen-bond acceptors (Lipinski definition) is 5. The van der Waals surface area contributed by atoms with Crippen molar-refractivity contribution in [3.8, 4) is 0 Å². The van der Waals surface area contributed by atoms with Crippen LogP contribution in [0.15, 0.2) is 41.8 Å². The van der Waals surface area contributed by atoms with Gasteiger partial charge in [-0.2, -0.15) is 0 Å². The maximum absolute atomic E-state index is 11.8. The third-order valence-corrected chi connectivity index (χ3v) is 3.95. The van der Waals surface area contributed by atoms with Crippen LogP contribution < -0.4 is 10.6 Å². The first kappa shape index (κ1) is 16.0. The molecule has 0 spiro atoms. The topological polar surface area (TPSA) is 67.4 Å². The zero-order valence-corrected chi connectivity index (χ0v) is 13.1. The molecular weight excluding hydrogens is 300 g/mol. The lowest BCUT2D eigenvalue weighted by molar-refractivity contribution is -0.119. The second-order valence-electron chi connectivity index (χ2n) is 4.61. The third-order valence-electron chi connectivity index (χ3n) is 3.01. The second kappa shape index (κ2) is 8.19. The van der Waals surface area contributed by atoms with Crippen molar-refractivity contribution in [2.75, 3.05) is 25.5 Å². The number of rotatable bonds is 7. The number of thiophene rings is 1. The minimum Gasteiger partial charge on any atom is -0.465 e. The molecule has 0 aliphatic rings. The number of carbonyl (C=O) groups is 2. The molecule has 1 heterocycles.